The van der Waals surface area contributed by atoms with Crippen LogP contribution < -0.4 is 5.32 Å². The van der Waals surface area contributed by atoms with E-state index in [2.05, 4.69) is 10.3 Å². The molecule has 7 nitrogen and oxygen atoms in total. The number of rotatable bonds is 4. The molecule has 7 heteroatoms. The van der Waals surface area contributed by atoms with Gasteiger partial charge in [-0.2, -0.15) is 0 Å². The molecule has 0 atom stereocenters. The molecule has 1 aromatic heterocycles. The molecular weight excluding hydrogens is 332 g/mol. The number of nitrogens with one attached hydrogen (secondary N) is 1. The molecular formula is C19H28N4O3. The Hall–Kier alpha value is -2.31. The van der Waals surface area contributed by atoms with E-state index in [0.717, 1.165) is 5.69 Å². The average Bonchev–Trinajstić information content (AvgIpc) is 2.69. The van der Waals surface area contributed by atoms with Gasteiger partial charge in [0, 0.05) is 44.1 Å². The van der Waals surface area contributed by atoms with Gasteiger partial charge in [-0.25, -0.2) is 4.79 Å². The summed E-state index contributed by atoms with van der Waals surface area (Å²) < 4.78 is 5.01. The van der Waals surface area contributed by atoms with Crippen LogP contribution in [-0.4, -0.2) is 65.6 Å². The van der Waals surface area contributed by atoms with Gasteiger partial charge in [0.05, 0.1) is 6.61 Å². The van der Waals surface area contributed by atoms with E-state index in [-0.39, 0.29) is 12.0 Å². The highest BCUT2D eigenvalue weighted by atomic mass is 16.6. The normalized spacial score (nSPS) is 18.5. The number of nitrogens with zero attached hydrogens (tertiary/aromatic N) is 3. The summed E-state index contributed by atoms with van der Waals surface area (Å²) in [5, 5.41) is 3.53. The first-order valence-corrected chi connectivity index (χ1v) is 9.61. The Morgan fingerprint density at radius 1 is 1.15 bits per heavy atom. The second-order valence-corrected chi connectivity index (χ2v) is 6.89. The number of hydrogen-bond donors (Lipinski definition) is 1. The molecule has 0 bridgehead atoms. The van der Waals surface area contributed by atoms with Gasteiger partial charge in [0.15, 0.2) is 0 Å². The van der Waals surface area contributed by atoms with Crippen LogP contribution in [0.25, 0.3) is 0 Å². The maximum atomic E-state index is 12.7. The van der Waals surface area contributed by atoms with Crippen molar-refractivity contribution < 1.29 is 14.3 Å². The second kappa shape index (κ2) is 8.87. The van der Waals surface area contributed by atoms with Crippen molar-refractivity contribution >= 4 is 17.7 Å². The largest absolute Gasteiger partial charge is 0.450 e. The van der Waals surface area contributed by atoms with Crippen LogP contribution in [0.1, 0.15) is 49.5 Å². The zero-order valence-electron chi connectivity index (χ0n) is 15.4. The highest BCUT2D eigenvalue weighted by Gasteiger charge is 2.26. The van der Waals surface area contributed by atoms with Crippen LogP contribution in [0.2, 0.25) is 0 Å². The van der Waals surface area contributed by atoms with Gasteiger partial charge >= 0.3 is 6.09 Å². The van der Waals surface area contributed by atoms with Gasteiger partial charge in [-0.1, -0.05) is 19.3 Å². The van der Waals surface area contributed by atoms with Crippen molar-refractivity contribution in [2.24, 2.45) is 0 Å². The van der Waals surface area contributed by atoms with Gasteiger partial charge < -0.3 is 19.9 Å². The smallest absolute Gasteiger partial charge is 0.409 e. The van der Waals surface area contributed by atoms with Crippen LogP contribution >= 0.6 is 0 Å². The Kier molecular flexibility index (Phi) is 6.30. The highest BCUT2D eigenvalue weighted by molar-refractivity contribution is 5.93. The molecule has 2 heterocycles. The monoisotopic (exact) mass is 360 g/mol. The van der Waals surface area contributed by atoms with Crippen molar-refractivity contribution in [3.05, 3.63) is 24.0 Å². The lowest BCUT2D eigenvalue weighted by Gasteiger charge is -2.33. The molecule has 0 unspecified atom stereocenters. The number of pyridine rings is 1. The van der Waals surface area contributed by atoms with E-state index in [1.807, 2.05) is 12.1 Å². The maximum Gasteiger partial charge on any atom is 0.409 e. The van der Waals surface area contributed by atoms with Gasteiger partial charge in [0.1, 0.15) is 5.69 Å². The molecule has 0 spiro atoms. The first-order chi connectivity index (χ1) is 12.7. The molecule has 2 amide bonds. The van der Waals surface area contributed by atoms with Crippen molar-refractivity contribution in [2.45, 2.75) is 45.1 Å². The molecule has 3 rings (SSSR count). The van der Waals surface area contributed by atoms with Crippen molar-refractivity contribution in [3.63, 3.8) is 0 Å². The van der Waals surface area contributed by atoms with Crippen LogP contribution in [-0.2, 0) is 4.74 Å². The third-order valence-electron chi connectivity index (χ3n) is 5.05. The predicted molar refractivity (Wildman–Crippen MR) is 99.2 cm³/mol. The van der Waals surface area contributed by atoms with E-state index < -0.39 is 0 Å². The van der Waals surface area contributed by atoms with Crippen LogP contribution in [0.3, 0.4) is 0 Å². The molecule has 1 aliphatic heterocycles. The fraction of sp³-hybridized carbons (Fsp3) is 0.632. The molecule has 2 aliphatic rings. The Morgan fingerprint density at radius 2 is 1.85 bits per heavy atom. The second-order valence-electron chi connectivity index (χ2n) is 6.89. The molecule has 0 radical (unpaired) electrons. The van der Waals surface area contributed by atoms with E-state index in [9.17, 15) is 9.59 Å². The quantitative estimate of drug-likeness (QED) is 0.894. The van der Waals surface area contributed by atoms with E-state index in [1.165, 1.54) is 32.1 Å². The number of carbonyl (C=O) groups excluding carboxylic acids is 2. The summed E-state index contributed by atoms with van der Waals surface area (Å²) >= 11 is 0. The number of aromatic nitrogens is 1. The predicted octanol–water partition coefficient (Wildman–Crippen LogP) is 2.74. The summed E-state index contributed by atoms with van der Waals surface area (Å²) in [7, 11) is 0. The van der Waals surface area contributed by atoms with E-state index in [0.29, 0.717) is 44.5 Å². The van der Waals surface area contributed by atoms with Crippen molar-refractivity contribution in [2.75, 3.05) is 38.1 Å². The minimum absolute atomic E-state index is 0.0826. The molecule has 142 valence electrons. The zero-order chi connectivity index (χ0) is 18.4. The maximum absolute atomic E-state index is 12.7. The minimum Gasteiger partial charge on any atom is -0.450 e. The lowest BCUT2D eigenvalue weighted by Crippen LogP contribution is -2.50. The Labute approximate surface area is 154 Å². The number of ether oxygens (including phenoxy) is 1. The fourth-order valence-electron chi connectivity index (χ4n) is 3.59. The molecule has 1 saturated heterocycles. The third-order valence-corrected chi connectivity index (χ3v) is 5.05. The van der Waals surface area contributed by atoms with Crippen LogP contribution in [0, 0.1) is 0 Å². The van der Waals surface area contributed by atoms with Gasteiger partial charge in [-0.05, 0) is 31.9 Å². The number of carbonyl (C=O) groups is 2. The van der Waals surface area contributed by atoms with Crippen molar-refractivity contribution in [1.82, 2.24) is 14.8 Å². The summed E-state index contributed by atoms with van der Waals surface area (Å²) in [4.78, 5) is 32.2. The number of amides is 2. The fourth-order valence-corrected chi connectivity index (χ4v) is 3.59. The molecule has 26 heavy (non-hydrogen) atoms. The molecule has 1 aromatic rings. The highest BCUT2D eigenvalue weighted by Crippen LogP contribution is 2.22. The van der Waals surface area contributed by atoms with Gasteiger partial charge in [0.2, 0.25) is 0 Å². The summed E-state index contributed by atoms with van der Waals surface area (Å²) in [5.41, 5.74) is 1.41. The first-order valence-electron chi connectivity index (χ1n) is 9.61. The van der Waals surface area contributed by atoms with Crippen LogP contribution in [0.5, 0.6) is 0 Å². The topological polar surface area (TPSA) is 74.8 Å². The summed E-state index contributed by atoms with van der Waals surface area (Å²) in [6.45, 7) is 4.13. The van der Waals surface area contributed by atoms with Gasteiger partial charge in [-0.15, -0.1) is 0 Å². The number of piperazine rings is 1. The van der Waals surface area contributed by atoms with Crippen molar-refractivity contribution in [1.29, 1.82) is 0 Å². The van der Waals surface area contributed by atoms with Crippen molar-refractivity contribution in [3.8, 4) is 0 Å². The lowest BCUT2D eigenvalue weighted by atomic mass is 9.95. The molecule has 2 fully saturated rings. The van der Waals surface area contributed by atoms with Gasteiger partial charge in [0.25, 0.3) is 5.91 Å². The van der Waals surface area contributed by atoms with Gasteiger partial charge in [-0.3, -0.25) is 9.78 Å². The van der Waals surface area contributed by atoms with Crippen LogP contribution in [0.15, 0.2) is 18.3 Å². The summed E-state index contributed by atoms with van der Waals surface area (Å²) in [5.74, 6) is -0.0826. The van der Waals surface area contributed by atoms with E-state index >= 15 is 0 Å². The zero-order valence-corrected chi connectivity index (χ0v) is 15.4. The Bertz CT molecular complexity index is 623. The minimum atomic E-state index is -0.309. The van der Waals surface area contributed by atoms with Crippen LogP contribution in [0.4, 0.5) is 10.5 Å². The molecule has 1 N–H and O–H groups in total. The molecule has 0 aromatic carbocycles. The third kappa shape index (κ3) is 4.65. The molecule has 1 aliphatic carbocycles. The Balaban J connectivity index is 1.56. The van der Waals surface area contributed by atoms with E-state index in [1.54, 1.807) is 22.9 Å². The lowest BCUT2D eigenvalue weighted by molar-refractivity contribution is 0.0566. The first kappa shape index (κ1) is 18.5. The Morgan fingerprint density at radius 3 is 2.54 bits per heavy atom. The SMILES string of the molecule is CCOC(=O)N1CCN(C(=O)c2cc(NC3CCCCC3)ccn2)CC1. The number of hydrogen-bond acceptors (Lipinski definition) is 5. The average molecular weight is 360 g/mol. The standard InChI is InChI=1S/C19H28N4O3/c1-2-26-19(25)23-12-10-22(11-13-23)18(24)17-14-16(8-9-20-17)21-15-6-4-3-5-7-15/h8-9,14-15H,2-7,10-13H2,1H3,(H,20,21). The summed E-state index contributed by atoms with van der Waals surface area (Å²) in [6, 6.07) is 4.25. The summed E-state index contributed by atoms with van der Waals surface area (Å²) in [6.07, 6.45) is 7.58. The van der Waals surface area contributed by atoms with E-state index in [4.69, 9.17) is 4.74 Å². The molecule has 1 saturated carbocycles. The number of anilines is 1.